The Kier molecular flexibility index (Phi) is 17.2. The number of hydrogen-bond donors (Lipinski definition) is 4. The summed E-state index contributed by atoms with van der Waals surface area (Å²) in [5, 5.41) is 40.5. The van der Waals surface area contributed by atoms with Gasteiger partial charge in [0.2, 0.25) is 0 Å². The van der Waals surface area contributed by atoms with E-state index in [0.29, 0.717) is 92.3 Å². The molecule has 4 atom stereocenters. The van der Waals surface area contributed by atoms with Crippen molar-refractivity contribution in [3.63, 3.8) is 0 Å². The summed E-state index contributed by atoms with van der Waals surface area (Å²) in [7, 11) is 12.3. The Morgan fingerprint density at radius 1 is 0.582 bits per heavy atom. The monoisotopic (exact) mass is 926 g/mol. The maximum absolute atomic E-state index is 12.7. The van der Waals surface area contributed by atoms with Crippen LogP contribution >= 0.6 is 0 Å². The molecule has 4 aromatic carbocycles. The van der Waals surface area contributed by atoms with Crippen LogP contribution in [0.1, 0.15) is 80.6 Å². The zero-order chi connectivity index (χ0) is 48.3. The van der Waals surface area contributed by atoms with Crippen molar-refractivity contribution < 1.29 is 72.1 Å². The minimum Gasteiger partial charge on any atom is -0.496 e. The highest BCUT2D eigenvalue weighted by molar-refractivity contribution is 5.98. The molecule has 0 aliphatic carbocycles. The van der Waals surface area contributed by atoms with Crippen LogP contribution in [0.15, 0.2) is 54.6 Å². The van der Waals surface area contributed by atoms with Crippen LogP contribution in [0.3, 0.4) is 0 Å². The fraction of sp³-hybridized carbons (Fsp3) is 0.462. The zero-order valence-corrected chi connectivity index (χ0v) is 39.8. The number of methoxy groups -OCH3 is 5. The van der Waals surface area contributed by atoms with Crippen LogP contribution in [0.5, 0.6) is 28.7 Å². The molecule has 4 unspecified atom stereocenters. The second-order valence-electron chi connectivity index (χ2n) is 17.6. The number of likely N-dealkylation sites (N-methyl/N-ethyl adjacent to an activating group) is 2. The van der Waals surface area contributed by atoms with Gasteiger partial charge in [0.15, 0.2) is 23.0 Å². The number of aliphatic hydroxyl groups is 4. The molecule has 0 fully saturated rings. The van der Waals surface area contributed by atoms with E-state index in [4.69, 9.17) is 33.2 Å². The quantitative estimate of drug-likeness (QED) is 0.0317. The molecule has 15 nitrogen and oxygen atoms in total. The van der Waals surface area contributed by atoms with Crippen LogP contribution < -0.4 is 23.7 Å². The minimum atomic E-state index is -0.827. The van der Waals surface area contributed by atoms with Crippen molar-refractivity contribution in [3.05, 3.63) is 110 Å². The normalized spacial score (nSPS) is 19.5. The second-order valence-corrected chi connectivity index (χ2v) is 17.6. The topological polar surface area (TPSA) is 180 Å². The Balaban J connectivity index is 1.07. The first-order valence-electron chi connectivity index (χ1n) is 22.6. The van der Waals surface area contributed by atoms with Crippen LogP contribution in [0.25, 0.3) is 0 Å². The molecular formula is C52H66N2O13+2. The van der Waals surface area contributed by atoms with Crippen molar-refractivity contribution in [2.75, 3.05) is 89.0 Å². The number of fused-ring (bicyclic) bond motifs is 2. The molecular weight excluding hydrogens is 861 g/mol. The maximum atomic E-state index is 12.7. The van der Waals surface area contributed by atoms with E-state index in [-0.39, 0.29) is 51.7 Å². The highest BCUT2D eigenvalue weighted by Gasteiger charge is 2.42. The van der Waals surface area contributed by atoms with Crippen LogP contribution in [-0.4, -0.2) is 130 Å². The van der Waals surface area contributed by atoms with Crippen molar-refractivity contribution in [2.45, 2.75) is 70.6 Å². The number of nitrogens with zero attached hydrogens (tertiary/aromatic N) is 2. The number of carbonyl (C=O) groups is 2. The highest BCUT2D eigenvalue weighted by Crippen LogP contribution is 2.45. The number of rotatable bonds is 20. The molecule has 0 radical (unpaired) electrons. The third-order valence-electron chi connectivity index (χ3n) is 13.6. The number of ether oxygens (including phenoxy) is 7. The molecule has 0 saturated heterocycles. The Labute approximate surface area is 393 Å². The summed E-state index contributed by atoms with van der Waals surface area (Å²) in [5.41, 5.74) is 8.94. The van der Waals surface area contributed by atoms with Gasteiger partial charge in [-0.2, -0.15) is 0 Å². The Morgan fingerprint density at radius 3 is 1.72 bits per heavy atom. The van der Waals surface area contributed by atoms with Crippen LogP contribution in [0, 0.1) is 11.8 Å². The molecule has 67 heavy (non-hydrogen) atoms. The number of quaternary nitrogens is 2. The Morgan fingerprint density at radius 2 is 1.13 bits per heavy atom. The molecule has 15 heteroatoms. The van der Waals surface area contributed by atoms with Gasteiger partial charge in [0, 0.05) is 71.8 Å². The highest BCUT2D eigenvalue weighted by atomic mass is 16.5. The number of esters is 2. The molecule has 2 aliphatic heterocycles. The molecule has 360 valence electrons. The summed E-state index contributed by atoms with van der Waals surface area (Å²) in [5.74, 6) is 5.82. The lowest BCUT2D eigenvalue weighted by Crippen LogP contribution is -2.52. The predicted octanol–water partition coefficient (Wildman–Crippen LogP) is 4.65. The SMILES string of the molecule is COc1ccc(C2c3cc(CO)c(CO)cc3CC[N+]2(C)CCCOC(=O)C#CC(=O)OCCC[N+]2(C)CCc3cc(OC)c(OC)cc3C2Cc2cc(CO)c(OC)c(OC)c2)cc1CO. The first-order valence-corrected chi connectivity index (χ1v) is 22.6. The molecule has 4 N–H and O–H groups in total. The van der Waals surface area contributed by atoms with Crippen molar-refractivity contribution in [1.29, 1.82) is 0 Å². The molecule has 0 spiro atoms. The summed E-state index contributed by atoms with van der Waals surface area (Å²) in [6.07, 6.45) is 3.18. The molecule has 0 aromatic heterocycles. The van der Waals surface area contributed by atoms with E-state index in [9.17, 15) is 30.0 Å². The van der Waals surface area contributed by atoms with E-state index in [0.717, 1.165) is 59.3 Å². The van der Waals surface area contributed by atoms with Gasteiger partial charge in [0.25, 0.3) is 0 Å². The minimum absolute atomic E-state index is 0.0413. The van der Waals surface area contributed by atoms with Crippen molar-refractivity contribution in [3.8, 4) is 40.6 Å². The summed E-state index contributed by atoms with van der Waals surface area (Å²) in [6, 6.07) is 17.5. The molecule has 0 saturated carbocycles. The lowest BCUT2D eigenvalue weighted by Gasteiger charge is -2.46. The molecule has 2 aliphatic rings. The van der Waals surface area contributed by atoms with Gasteiger partial charge >= 0.3 is 11.9 Å². The molecule has 0 bridgehead atoms. The van der Waals surface area contributed by atoms with E-state index in [1.807, 2.05) is 54.6 Å². The Bertz CT molecular complexity index is 2440. The van der Waals surface area contributed by atoms with E-state index in [1.54, 1.807) is 35.5 Å². The standard InChI is InChI=1S/C52H66N2O13/c1-53(18-14-36-28-46(62-4)47(63-5)29-42(36)44(53)23-34-22-41(33-58)52(65-7)48(24-34)64-6)16-8-20-66-49(59)12-13-50(60)67-21-9-17-54(2)19-15-35-25-38(30-55)39(31-56)27-43(35)51(54)37-10-11-45(61-3)40(26-37)32-57/h10-11,22,24-29,44,51,55-58H,8-9,14-21,23,30-33H2,1-7H3/q+2. The molecule has 4 aromatic rings. The van der Waals surface area contributed by atoms with Crippen molar-refractivity contribution >= 4 is 11.9 Å². The van der Waals surface area contributed by atoms with E-state index < -0.39 is 11.9 Å². The van der Waals surface area contributed by atoms with E-state index >= 15 is 0 Å². The van der Waals surface area contributed by atoms with Crippen molar-refractivity contribution in [2.24, 2.45) is 0 Å². The van der Waals surface area contributed by atoms with Gasteiger partial charge in [0.1, 0.15) is 17.8 Å². The summed E-state index contributed by atoms with van der Waals surface area (Å²) in [6.45, 7) is 2.21. The fourth-order valence-electron chi connectivity index (χ4n) is 10.1. The summed E-state index contributed by atoms with van der Waals surface area (Å²) in [4.78, 5) is 25.5. The first-order chi connectivity index (χ1) is 32.3. The number of carbonyl (C=O) groups excluding carboxylic acids is 2. The van der Waals surface area contributed by atoms with Crippen LogP contribution in [-0.2, 0) is 64.8 Å². The van der Waals surface area contributed by atoms with Gasteiger partial charge in [-0.1, -0.05) is 6.07 Å². The van der Waals surface area contributed by atoms with Gasteiger partial charge in [0.05, 0.1) is 115 Å². The number of hydrogen-bond acceptors (Lipinski definition) is 13. The van der Waals surface area contributed by atoms with Crippen molar-refractivity contribution in [1.82, 2.24) is 0 Å². The van der Waals surface area contributed by atoms with Gasteiger partial charge in [-0.3, -0.25) is 0 Å². The lowest BCUT2D eigenvalue weighted by molar-refractivity contribution is -0.941. The maximum Gasteiger partial charge on any atom is 0.384 e. The first kappa shape index (κ1) is 50.6. The van der Waals surface area contributed by atoms with Crippen LogP contribution in [0.2, 0.25) is 0 Å². The third kappa shape index (κ3) is 11.3. The zero-order valence-electron chi connectivity index (χ0n) is 39.8. The van der Waals surface area contributed by atoms with E-state index in [1.165, 1.54) is 0 Å². The molecule has 0 amide bonds. The van der Waals surface area contributed by atoms with Crippen LogP contribution in [0.4, 0.5) is 0 Å². The average Bonchev–Trinajstić information content (AvgIpc) is 3.35. The van der Waals surface area contributed by atoms with Gasteiger partial charge in [-0.15, -0.1) is 0 Å². The lowest BCUT2D eigenvalue weighted by atomic mass is 9.83. The van der Waals surface area contributed by atoms with Gasteiger partial charge in [-0.05, 0) is 76.3 Å². The molecule has 6 rings (SSSR count). The summed E-state index contributed by atoms with van der Waals surface area (Å²) >= 11 is 0. The second kappa shape index (κ2) is 22.8. The predicted molar refractivity (Wildman–Crippen MR) is 249 cm³/mol. The summed E-state index contributed by atoms with van der Waals surface area (Å²) < 4.78 is 40.2. The fourth-order valence-corrected chi connectivity index (χ4v) is 10.1. The average molecular weight is 927 g/mol. The number of aliphatic hydroxyl groups excluding tert-OH is 4. The number of benzene rings is 4. The van der Waals surface area contributed by atoms with E-state index in [2.05, 4.69) is 25.9 Å². The Hall–Kier alpha value is -5.86. The third-order valence-corrected chi connectivity index (χ3v) is 13.6. The smallest absolute Gasteiger partial charge is 0.384 e. The largest absolute Gasteiger partial charge is 0.496 e. The molecule has 2 heterocycles. The van der Waals surface area contributed by atoms with Gasteiger partial charge < -0.3 is 62.6 Å². The van der Waals surface area contributed by atoms with Gasteiger partial charge in [-0.25, -0.2) is 9.59 Å².